The molecule has 8 atom stereocenters. The van der Waals surface area contributed by atoms with Crippen LogP contribution in [-0.4, -0.2) is 92.3 Å². The Morgan fingerprint density at radius 3 is 2.61 bits per heavy atom. The van der Waals surface area contributed by atoms with Crippen molar-refractivity contribution in [3.63, 3.8) is 0 Å². The van der Waals surface area contributed by atoms with Gasteiger partial charge in [0.25, 0.3) is 0 Å². The highest BCUT2D eigenvalue weighted by molar-refractivity contribution is 6.35. The van der Waals surface area contributed by atoms with Crippen LogP contribution >= 0.6 is 11.6 Å². The molecular weight excluding hydrogens is 620 g/mol. The molecule has 2 fully saturated rings. The number of nitrogens with two attached hydrogens (primary N) is 1. The first kappa shape index (κ1) is 35.7. The number of aliphatic hydroxyl groups is 2. The van der Waals surface area contributed by atoms with Gasteiger partial charge in [-0.05, 0) is 44.5 Å². The topological polar surface area (TPSA) is 182 Å². The smallest absolute Gasteiger partial charge is 0.409 e. The van der Waals surface area contributed by atoms with Gasteiger partial charge in [-0.25, -0.2) is 9.59 Å². The summed E-state index contributed by atoms with van der Waals surface area (Å²) >= 11 is 6.68. The van der Waals surface area contributed by atoms with Gasteiger partial charge >= 0.3 is 12.1 Å². The Morgan fingerprint density at radius 1 is 1.28 bits per heavy atom. The molecule has 1 aromatic carbocycles. The average molecular weight is 665 g/mol. The van der Waals surface area contributed by atoms with Crippen molar-refractivity contribution < 1.29 is 43.5 Å². The monoisotopic (exact) mass is 664 g/mol. The van der Waals surface area contributed by atoms with Crippen LogP contribution in [0.2, 0.25) is 5.02 Å². The summed E-state index contributed by atoms with van der Waals surface area (Å²) in [4.78, 5) is 40.9. The van der Waals surface area contributed by atoms with Crippen molar-refractivity contribution in [2.75, 3.05) is 33.2 Å². The molecule has 254 valence electrons. The number of methoxy groups -OCH3 is 2. The molecule has 3 aliphatic rings. The number of amides is 2. The van der Waals surface area contributed by atoms with Crippen molar-refractivity contribution >= 4 is 35.3 Å². The Hall–Kier alpha value is -3.20. The average Bonchev–Trinajstić information content (AvgIpc) is 3.59. The third-order valence-electron chi connectivity index (χ3n) is 9.70. The highest BCUT2D eigenvalue weighted by Crippen LogP contribution is 2.64. The van der Waals surface area contributed by atoms with Gasteiger partial charge in [0.15, 0.2) is 11.9 Å². The number of allylic oxidation sites excluding steroid dienone is 3. The van der Waals surface area contributed by atoms with Crippen molar-refractivity contribution in [3.05, 3.63) is 46.5 Å². The minimum Gasteiger partial charge on any atom is -0.495 e. The zero-order valence-corrected chi connectivity index (χ0v) is 28.0. The van der Waals surface area contributed by atoms with Gasteiger partial charge in [-0.3, -0.25) is 15.4 Å². The number of fused-ring (bicyclic) bond motifs is 5. The summed E-state index contributed by atoms with van der Waals surface area (Å²) in [6, 6.07) is 3.56. The number of likely N-dealkylation sites (N-methyl/N-ethyl adjacent to an activating group) is 1. The van der Waals surface area contributed by atoms with E-state index in [0.29, 0.717) is 17.9 Å². The number of rotatable bonds is 5. The summed E-state index contributed by atoms with van der Waals surface area (Å²) in [6.45, 7) is 5.29. The molecule has 13 nitrogen and oxygen atoms in total. The normalized spacial score (nSPS) is 35.9. The van der Waals surface area contributed by atoms with E-state index in [4.69, 9.17) is 36.3 Å². The van der Waals surface area contributed by atoms with Gasteiger partial charge in [-0.15, -0.1) is 0 Å². The molecule has 46 heavy (non-hydrogen) atoms. The van der Waals surface area contributed by atoms with E-state index >= 15 is 0 Å². The number of esters is 1. The molecular formula is C32H45ClN4O9. The molecule has 0 aromatic heterocycles. The van der Waals surface area contributed by atoms with E-state index in [0.717, 1.165) is 11.1 Å². The number of nitrogens with one attached hydrogen (secondary N) is 2. The van der Waals surface area contributed by atoms with Crippen LogP contribution in [0.5, 0.6) is 5.75 Å². The van der Waals surface area contributed by atoms with Crippen LogP contribution in [-0.2, 0) is 30.2 Å². The predicted octanol–water partition coefficient (Wildman–Crippen LogP) is 2.16. The summed E-state index contributed by atoms with van der Waals surface area (Å²) in [7, 11) is 5.94. The Kier molecular flexibility index (Phi) is 10.5. The van der Waals surface area contributed by atoms with Crippen LogP contribution in [0.15, 0.2) is 35.9 Å². The Bertz CT molecular complexity index is 1420. The fourth-order valence-electron chi connectivity index (χ4n) is 6.53. The number of alkyl carbamates (subject to hydrolysis) is 1. The van der Waals surface area contributed by atoms with Crippen molar-refractivity contribution in [1.29, 1.82) is 0 Å². The molecule has 1 aliphatic carbocycles. The second-order valence-corrected chi connectivity index (χ2v) is 13.1. The number of carbonyl (C=O) groups excluding carboxylic acids is 3. The quantitative estimate of drug-likeness (QED) is 0.230. The van der Waals surface area contributed by atoms with Gasteiger partial charge in [0.05, 0.1) is 24.8 Å². The number of benzene rings is 1. The third kappa shape index (κ3) is 6.76. The summed E-state index contributed by atoms with van der Waals surface area (Å²) in [5.74, 6) is -1.65. The van der Waals surface area contributed by atoms with Gasteiger partial charge in [0.2, 0.25) is 5.91 Å². The zero-order chi connectivity index (χ0) is 34.2. The lowest BCUT2D eigenvalue weighted by Crippen LogP contribution is -2.64. The molecule has 0 unspecified atom stereocenters. The number of hydrogen-bond acceptors (Lipinski definition) is 11. The second-order valence-electron chi connectivity index (χ2n) is 12.7. The lowest BCUT2D eigenvalue weighted by Gasteiger charge is -2.43. The Morgan fingerprint density at radius 2 is 1.98 bits per heavy atom. The largest absolute Gasteiger partial charge is 0.495 e. The summed E-state index contributed by atoms with van der Waals surface area (Å²) in [5.41, 5.74) is 3.40. The molecule has 1 saturated heterocycles. The molecule has 14 heteroatoms. The minimum absolute atomic E-state index is 0.104. The first-order valence-electron chi connectivity index (χ1n) is 15.1. The zero-order valence-electron chi connectivity index (χ0n) is 27.3. The highest BCUT2D eigenvalue weighted by atomic mass is 35.5. The van der Waals surface area contributed by atoms with Gasteiger partial charge in [-0.1, -0.05) is 49.2 Å². The number of carbonyl (C=O) groups is 3. The Labute approximate surface area is 274 Å². The van der Waals surface area contributed by atoms with Crippen molar-refractivity contribution in [3.8, 4) is 5.75 Å². The number of hydrogen-bond donors (Lipinski definition) is 5. The van der Waals surface area contributed by atoms with Crippen LogP contribution < -0.4 is 26.0 Å². The molecule has 1 aromatic rings. The lowest BCUT2D eigenvalue weighted by molar-refractivity contribution is -0.163. The van der Waals surface area contributed by atoms with Gasteiger partial charge < -0.3 is 39.8 Å². The van der Waals surface area contributed by atoms with Crippen LogP contribution in [0.3, 0.4) is 0 Å². The molecule has 0 radical (unpaired) electrons. The molecule has 2 heterocycles. The van der Waals surface area contributed by atoms with E-state index < -0.39 is 65.1 Å². The van der Waals surface area contributed by atoms with E-state index in [1.165, 1.54) is 26.2 Å². The van der Waals surface area contributed by atoms with Crippen LogP contribution in [0.1, 0.15) is 45.6 Å². The number of ether oxygens (including phenoxy) is 4. The minimum atomic E-state index is -1.87. The Balaban J connectivity index is 1.83. The molecule has 2 aliphatic heterocycles. The maximum Gasteiger partial charge on any atom is 0.409 e. The first-order valence-corrected chi connectivity index (χ1v) is 15.5. The number of anilines is 1. The van der Waals surface area contributed by atoms with E-state index in [2.05, 4.69) is 10.6 Å². The molecule has 4 rings (SSSR count). The van der Waals surface area contributed by atoms with E-state index in [9.17, 15) is 24.6 Å². The number of nitrogens with zero attached hydrogens (tertiary/aromatic N) is 1. The fourth-order valence-corrected chi connectivity index (χ4v) is 6.85. The molecule has 6 N–H and O–H groups in total. The van der Waals surface area contributed by atoms with Crippen LogP contribution in [0.4, 0.5) is 10.5 Å². The summed E-state index contributed by atoms with van der Waals surface area (Å²) < 4.78 is 22.5. The molecule has 4 bridgehead atoms. The number of halogens is 1. The lowest BCUT2D eigenvalue weighted by atomic mass is 9.81. The second kappa shape index (κ2) is 13.5. The van der Waals surface area contributed by atoms with Crippen molar-refractivity contribution in [1.82, 2.24) is 10.6 Å². The van der Waals surface area contributed by atoms with Crippen LogP contribution in [0, 0.1) is 11.3 Å². The van der Waals surface area contributed by atoms with E-state index in [1.54, 1.807) is 45.2 Å². The SMILES string of the molecule is CN[C@@H](N)C(=O)O[C@H]1CC(=O)N(C)c2cc(cc(OC)c2Cl)C/C(C)=C/C=C/[C@@H](OC)[C@@]2(O)C[C@H](OC(=O)N2)[C@@H](C)[C@]2(O)C[C@@]12C. The van der Waals surface area contributed by atoms with Crippen molar-refractivity contribution in [2.45, 2.75) is 82.3 Å². The molecule has 1 saturated carbocycles. The predicted molar refractivity (Wildman–Crippen MR) is 170 cm³/mol. The van der Waals surface area contributed by atoms with E-state index in [-0.39, 0.29) is 24.3 Å². The van der Waals surface area contributed by atoms with Gasteiger partial charge in [-0.2, -0.15) is 0 Å². The van der Waals surface area contributed by atoms with Gasteiger partial charge in [0, 0.05) is 31.9 Å². The maximum absolute atomic E-state index is 13.9. The molecule has 2 amide bonds. The first-order chi connectivity index (χ1) is 21.5. The van der Waals surface area contributed by atoms with E-state index in [1.807, 2.05) is 13.0 Å². The van der Waals surface area contributed by atoms with Gasteiger partial charge in [0.1, 0.15) is 29.1 Å². The standard InChI is InChI=1S/C32H45ClN4O9/c1-17-9-8-10-23(44-7)32(42)15-22(45-29(40)36-32)18(2)31(41)16-30(31,3)24(46-28(39)27(34)35-4)14-25(38)37(5)20-12-19(11-17)13-21(43-6)26(20)33/h8-10,12-13,18,22-24,27,35,41-42H,11,14-16,34H2,1-7H3,(H,36,40)/b10-8+,17-9+/t18-,22+,23-,24+,27-,30+,31-,32+/m1/s1. The maximum atomic E-state index is 13.9. The molecule has 0 spiro atoms. The third-order valence-corrected chi connectivity index (χ3v) is 10.1. The van der Waals surface area contributed by atoms with Crippen LogP contribution in [0.25, 0.3) is 0 Å². The van der Waals surface area contributed by atoms with Crippen molar-refractivity contribution in [2.24, 2.45) is 17.1 Å². The fraction of sp³-hybridized carbons (Fsp3) is 0.594. The summed E-state index contributed by atoms with van der Waals surface area (Å²) in [6.07, 6.45) is 0.197. The summed E-state index contributed by atoms with van der Waals surface area (Å²) in [5, 5.41) is 29.0. The highest BCUT2D eigenvalue weighted by Gasteiger charge is 2.73.